The molecule has 2 N–H and O–H groups in total. The first-order chi connectivity index (χ1) is 18.3. The van der Waals surface area contributed by atoms with Crippen LogP contribution in [0.5, 0.6) is 5.75 Å². The van der Waals surface area contributed by atoms with E-state index >= 15 is 0 Å². The SMILES string of the molecule is C=CCN1CC[C@@]2(c3cccc(OC(C)=O)c3)C[C@H](NC(=O)CCCCCc3ccccc3)CC[C@]2(O)C1. The Morgan fingerprint density at radius 3 is 2.71 bits per heavy atom. The highest BCUT2D eigenvalue weighted by Crippen LogP contribution is 2.52. The van der Waals surface area contributed by atoms with E-state index < -0.39 is 11.0 Å². The second-order valence-corrected chi connectivity index (χ2v) is 11.1. The highest BCUT2D eigenvalue weighted by Gasteiger charge is 2.57. The van der Waals surface area contributed by atoms with E-state index in [0.29, 0.717) is 31.6 Å². The first kappa shape index (κ1) is 28.1. The quantitative estimate of drug-likeness (QED) is 0.191. The number of likely N-dealkylation sites (tertiary alicyclic amines) is 1. The average molecular weight is 519 g/mol. The van der Waals surface area contributed by atoms with E-state index in [2.05, 4.69) is 41.1 Å². The van der Waals surface area contributed by atoms with Crippen molar-refractivity contribution in [1.29, 1.82) is 0 Å². The van der Waals surface area contributed by atoms with Crippen molar-refractivity contribution in [2.45, 2.75) is 81.8 Å². The van der Waals surface area contributed by atoms with Gasteiger partial charge in [0, 0.05) is 37.9 Å². The highest BCUT2D eigenvalue weighted by atomic mass is 16.5. The van der Waals surface area contributed by atoms with Crippen molar-refractivity contribution in [3.05, 3.63) is 78.4 Å². The number of β-amino-alcohol motifs (C(OH)–C–C–N with tert-alkyl or cyclic N) is 1. The minimum absolute atomic E-state index is 0.00423. The molecular weight excluding hydrogens is 476 g/mol. The van der Waals surface area contributed by atoms with E-state index in [1.807, 2.05) is 30.3 Å². The predicted octanol–water partition coefficient (Wildman–Crippen LogP) is 4.94. The maximum absolute atomic E-state index is 12.9. The first-order valence-corrected chi connectivity index (χ1v) is 14.0. The highest BCUT2D eigenvalue weighted by molar-refractivity contribution is 5.76. The number of ether oxygens (including phenoxy) is 1. The number of fused-ring (bicyclic) bond motifs is 1. The normalized spacial score (nSPS) is 25.3. The summed E-state index contributed by atoms with van der Waals surface area (Å²) in [6.07, 6.45) is 9.19. The number of hydrogen-bond donors (Lipinski definition) is 2. The molecule has 1 saturated carbocycles. The van der Waals surface area contributed by atoms with Gasteiger partial charge in [0.25, 0.3) is 0 Å². The zero-order chi connectivity index (χ0) is 27.0. The molecule has 1 heterocycles. The molecule has 0 unspecified atom stereocenters. The molecule has 1 saturated heterocycles. The number of benzene rings is 2. The molecule has 0 bridgehead atoms. The fourth-order valence-corrected chi connectivity index (χ4v) is 6.48. The maximum Gasteiger partial charge on any atom is 0.308 e. The Labute approximate surface area is 227 Å². The van der Waals surface area contributed by atoms with Gasteiger partial charge in [-0.15, -0.1) is 6.58 Å². The van der Waals surface area contributed by atoms with Crippen LogP contribution in [0.15, 0.2) is 67.3 Å². The van der Waals surface area contributed by atoms with Crippen LogP contribution in [0.25, 0.3) is 0 Å². The zero-order valence-electron chi connectivity index (χ0n) is 22.7. The van der Waals surface area contributed by atoms with Crippen LogP contribution in [0.3, 0.4) is 0 Å². The van der Waals surface area contributed by atoms with E-state index in [0.717, 1.165) is 57.2 Å². The van der Waals surface area contributed by atoms with E-state index in [9.17, 15) is 14.7 Å². The Hall–Kier alpha value is -2.96. The lowest BCUT2D eigenvalue weighted by Crippen LogP contribution is -2.67. The number of hydrogen-bond acceptors (Lipinski definition) is 5. The molecule has 1 amide bonds. The predicted molar refractivity (Wildman–Crippen MR) is 150 cm³/mol. The number of nitrogens with one attached hydrogen (secondary N) is 1. The third kappa shape index (κ3) is 6.72. The van der Waals surface area contributed by atoms with E-state index in [4.69, 9.17) is 4.74 Å². The van der Waals surface area contributed by atoms with Gasteiger partial charge in [-0.25, -0.2) is 0 Å². The summed E-state index contributed by atoms with van der Waals surface area (Å²) in [5, 5.41) is 15.4. The number of carbonyl (C=O) groups is 2. The summed E-state index contributed by atoms with van der Waals surface area (Å²) < 4.78 is 5.38. The number of aliphatic hydroxyl groups is 1. The summed E-state index contributed by atoms with van der Waals surface area (Å²) in [4.78, 5) is 26.7. The molecule has 6 nitrogen and oxygen atoms in total. The summed E-state index contributed by atoms with van der Waals surface area (Å²) in [6.45, 7) is 7.38. The number of amides is 1. The number of carbonyl (C=O) groups excluding carboxylic acids is 2. The number of esters is 1. The summed E-state index contributed by atoms with van der Waals surface area (Å²) in [6, 6.07) is 18.0. The van der Waals surface area contributed by atoms with Crippen molar-refractivity contribution < 1.29 is 19.4 Å². The Kier molecular flexibility index (Phi) is 9.40. The average Bonchev–Trinajstić information content (AvgIpc) is 2.89. The van der Waals surface area contributed by atoms with E-state index in [1.165, 1.54) is 12.5 Å². The lowest BCUT2D eigenvalue weighted by molar-refractivity contribution is -0.133. The second-order valence-electron chi connectivity index (χ2n) is 11.1. The molecule has 0 spiro atoms. The van der Waals surface area contributed by atoms with Crippen LogP contribution >= 0.6 is 0 Å². The van der Waals surface area contributed by atoms with Crippen molar-refractivity contribution in [1.82, 2.24) is 10.2 Å². The Morgan fingerprint density at radius 1 is 1.13 bits per heavy atom. The van der Waals surface area contributed by atoms with Crippen LogP contribution in [0.4, 0.5) is 0 Å². The molecule has 1 aliphatic carbocycles. The molecule has 6 heteroatoms. The Morgan fingerprint density at radius 2 is 1.95 bits per heavy atom. The number of nitrogens with zero attached hydrogens (tertiary/aromatic N) is 1. The van der Waals surface area contributed by atoms with Gasteiger partial charge in [-0.1, -0.05) is 55.0 Å². The molecule has 3 atom stereocenters. The minimum atomic E-state index is -0.943. The molecule has 2 aromatic rings. The van der Waals surface area contributed by atoms with Gasteiger partial charge in [0.2, 0.25) is 5.91 Å². The Balaban J connectivity index is 1.41. The standard InChI is InChI=1S/C32H42N2O4/c1-3-20-34-21-19-31(27-14-10-15-29(22-27)38-25(2)35)23-28(17-18-32(31,37)24-34)33-30(36)16-9-5-8-13-26-11-6-4-7-12-26/h3-4,6-7,10-12,14-15,22,28,37H,1,5,8-9,13,16-21,23-24H2,2H3,(H,33,36)/t28-,31+,32+/m1/s1. The van der Waals surface area contributed by atoms with Crippen molar-refractivity contribution in [3.63, 3.8) is 0 Å². The van der Waals surface area contributed by atoms with E-state index in [-0.39, 0.29) is 17.9 Å². The summed E-state index contributed by atoms with van der Waals surface area (Å²) >= 11 is 0. The maximum atomic E-state index is 12.9. The molecule has 2 fully saturated rings. The molecule has 4 rings (SSSR count). The van der Waals surface area contributed by atoms with Gasteiger partial charge in [0.1, 0.15) is 5.75 Å². The van der Waals surface area contributed by atoms with Gasteiger partial charge in [-0.2, -0.15) is 0 Å². The van der Waals surface area contributed by atoms with Crippen LogP contribution in [-0.4, -0.2) is 53.2 Å². The third-order valence-corrected chi connectivity index (χ3v) is 8.34. The molecule has 1 aliphatic heterocycles. The third-order valence-electron chi connectivity index (χ3n) is 8.34. The van der Waals surface area contributed by atoms with Gasteiger partial charge in [-0.05, 0) is 74.8 Å². The topological polar surface area (TPSA) is 78.9 Å². The Bertz CT molecular complexity index is 1100. The van der Waals surface area contributed by atoms with Crippen molar-refractivity contribution in [2.24, 2.45) is 0 Å². The minimum Gasteiger partial charge on any atom is -0.427 e. The summed E-state index contributed by atoms with van der Waals surface area (Å²) in [5.41, 5.74) is 0.833. The van der Waals surface area contributed by atoms with Crippen LogP contribution < -0.4 is 10.1 Å². The molecular formula is C32H42N2O4. The van der Waals surface area contributed by atoms with Gasteiger partial charge in [0.15, 0.2) is 0 Å². The molecule has 2 aliphatic rings. The lowest BCUT2D eigenvalue weighted by Gasteiger charge is -2.58. The first-order valence-electron chi connectivity index (χ1n) is 14.0. The summed E-state index contributed by atoms with van der Waals surface area (Å²) in [7, 11) is 0. The van der Waals surface area contributed by atoms with Crippen LogP contribution in [-0.2, 0) is 21.4 Å². The van der Waals surface area contributed by atoms with Crippen molar-refractivity contribution in [3.8, 4) is 5.75 Å². The van der Waals surface area contributed by atoms with Crippen LogP contribution in [0, 0.1) is 0 Å². The fourth-order valence-electron chi connectivity index (χ4n) is 6.48. The molecule has 204 valence electrons. The number of piperidine rings is 1. The number of aryl methyl sites for hydroxylation is 1. The molecule has 0 radical (unpaired) electrons. The van der Waals surface area contributed by atoms with Gasteiger partial charge < -0.3 is 15.2 Å². The van der Waals surface area contributed by atoms with Crippen LogP contribution in [0.1, 0.15) is 69.4 Å². The molecule has 2 aromatic carbocycles. The van der Waals surface area contributed by atoms with Gasteiger partial charge >= 0.3 is 5.97 Å². The molecule has 0 aromatic heterocycles. The number of rotatable bonds is 11. The lowest BCUT2D eigenvalue weighted by atomic mass is 9.55. The molecule has 38 heavy (non-hydrogen) atoms. The largest absolute Gasteiger partial charge is 0.427 e. The van der Waals surface area contributed by atoms with Crippen molar-refractivity contribution in [2.75, 3.05) is 19.6 Å². The fraction of sp³-hybridized carbons (Fsp3) is 0.500. The summed E-state index contributed by atoms with van der Waals surface area (Å²) in [5.74, 6) is 0.211. The monoisotopic (exact) mass is 518 g/mol. The van der Waals surface area contributed by atoms with Gasteiger partial charge in [0.05, 0.1) is 5.60 Å². The number of unbranched alkanes of at least 4 members (excludes halogenated alkanes) is 2. The van der Waals surface area contributed by atoms with Gasteiger partial charge in [-0.3, -0.25) is 14.5 Å². The van der Waals surface area contributed by atoms with Crippen LogP contribution in [0.2, 0.25) is 0 Å². The second kappa shape index (κ2) is 12.7. The smallest absolute Gasteiger partial charge is 0.308 e. The van der Waals surface area contributed by atoms with Crippen molar-refractivity contribution >= 4 is 11.9 Å². The van der Waals surface area contributed by atoms with E-state index in [1.54, 1.807) is 6.07 Å². The zero-order valence-corrected chi connectivity index (χ0v) is 22.7.